The van der Waals surface area contributed by atoms with Crippen LogP contribution < -0.4 is 5.32 Å². The molecule has 0 aliphatic rings. The smallest absolute Gasteiger partial charge is 0.250 e. The fourth-order valence-corrected chi connectivity index (χ4v) is 2.73. The lowest BCUT2D eigenvalue weighted by Gasteiger charge is -2.13. The summed E-state index contributed by atoms with van der Waals surface area (Å²) < 4.78 is 0. The highest BCUT2D eigenvalue weighted by atomic mass is 32.1. The van der Waals surface area contributed by atoms with Crippen molar-refractivity contribution in [1.82, 2.24) is 9.97 Å². The summed E-state index contributed by atoms with van der Waals surface area (Å²) in [5.74, 6) is -2.41. The van der Waals surface area contributed by atoms with E-state index in [9.17, 15) is 9.59 Å². The summed E-state index contributed by atoms with van der Waals surface area (Å²) >= 11 is 1.47. The number of thiazole rings is 1. The van der Waals surface area contributed by atoms with Gasteiger partial charge >= 0.3 is 0 Å². The van der Waals surface area contributed by atoms with Crippen molar-refractivity contribution in [3.63, 3.8) is 0 Å². The maximum atomic E-state index is 12.2. The Kier molecular flexibility index (Phi) is 5.78. The molecule has 2 aromatic rings. The largest absolute Gasteiger partial charge is 0.309 e. The van der Waals surface area contributed by atoms with E-state index in [4.69, 9.17) is 5.26 Å². The molecule has 0 spiro atoms. The lowest BCUT2D eigenvalue weighted by Crippen LogP contribution is -2.27. The maximum absolute atomic E-state index is 12.2. The molecule has 0 aromatic carbocycles. The summed E-state index contributed by atoms with van der Waals surface area (Å²) in [7, 11) is 0. The molecule has 2 aromatic heterocycles. The highest BCUT2D eigenvalue weighted by Gasteiger charge is 2.25. The maximum Gasteiger partial charge on any atom is 0.250 e. The number of nitrogens with zero attached hydrogens (tertiary/aromatic N) is 3. The fourth-order valence-electron chi connectivity index (χ4n) is 1.86. The van der Waals surface area contributed by atoms with Crippen molar-refractivity contribution < 1.29 is 9.59 Å². The number of aromatic nitrogens is 2. The molecule has 0 fully saturated rings. The highest BCUT2D eigenvalue weighted by Crippen LogP contribution is 2.27. The van der Waals surface area contributed by atoms with E-state index in [0.717, 1.165) is 9.88 Å². The first kappa shape index (κ1) is 18.5. The molecular formula is C18H18N4O2S. The Hall–Kier alpha value is -2.85. The number of carbonyl (C=O) groups is 2. The molecule has 1 unspecified atom stereocenters. The summed E-state index contributed by atoms with van der Waals surface area (Å²) in [4.78, 5) is 33.3. The molecule has 0 aliphatic heterocycles. The molecule has 1 amide bonds. The average Bonchev–Trinajstić information content (AvgIpc) is 3.04. The Balaban J connectivity index is 2.05. The van der Waals surface area contributed by atoms with Gasteiger partial charge in [0, 0.05) is 22.7 Å². The van der Waals surface area contributed by atoms with Gasteiger partial charge in [0.15, 0.2) is 11.7 Å². The van der Waals surface area contributed by atoms with Crippen molar-refractivity contribution in [2.45, 2.75) is 26.2 Å². The zero-order valence-electron chi connectivity index (χ0n) is 14.2. The van der Waals surface area contributed by atoms with Crippen molar-refractivity contribution >= 4 is 34.9 Å². The number of anilines is 1. The van der Waals surface area contributed by atoms with Crippen LogP contribution in [-0.4, -0.2) is 21.7 Å². The molecular weight excluding hydrogens is 336 g/mol. The minimum Gasteiger partial charge on any atom is -0.309 e. The quantitative estimate of drug-likeness (QED) is 0.657. The fraction of sp³-hybridized carbons (Fsp3) is 0.278. The predicted molar refractivity (Wildman–Crippen MR) is 96.8 cm³/mol. The minimum atomic E-state index is -1.42. The van der Waals surface area contributed by atoms with Gasteiger partial charge in [-0.1, -0.05) is 26.8 Å². The van der Waals surface area contributed by atoms with Crippen molar-refractivity contribution in [3.8, 4) is 6.07 Å². The third kappa shape index (κ3) is 5.06. The molecule has 0 saturated carbocycles. The van der Waals surface area contributed by atoms with Crippen molar-refractivity contribution in [2.24, 2.45) is 5.92 Å². The highest BCUT2D eigenvalue weighted by molar-refractivity contribution is 7.12. The van der Waals surface area contributed by atoms with Crippen LogP contribution in [0, 0.1) is 17.2 Å². The number of hydrogen-bond donors (Lipinski definition) is 1. The average molecular weight is 354 g/mol. The number of nitriles is 1. The number of allylic oxidation sites excluding steroid dienone is 1. The number of hydrogen-bond acceptors (Lipinski definition) is 6. The Bertz CT molecular complexity index is 829. The molecule has 7 heteroatoms. The molecule has 25 heavy (non-hydrogen) atoms. The summed E-state index contributed by atoms with van der Waals surface area (Å²) in [5.41, 5.74) is -0.0709. The van der Waals surface area contributed by atoms with Gasteiger partial charge in [-0.05, 0) is 24.3 Å². The monoisotopic (exact) mass is 354 g/mol. The molecule has 128 valence electrons. The van der Waals surface area contributed by atoms with Crippen LogP contribution in [0.15, 0.2) is 36.7 Å². The zero-order chi connectivity index (χ0) is 18.4. The van der Waals surface area contributed by atoms with E-state index in [-0.39, 0.29) is 5.41 Å². The van der Waals surface area contributed by atoms with Crippen molar-refractivity contribution in [3.05, 3.63) is 46.6 Å². The van der Waals surface area contributed by atoms with Crippen LogP contribution >= 0.6 is 11.3 Å². The van der Waals surface area contributed by atoms with E-state index in [0.29, 0.717) is 5.82 Å². The molecule has 1 N–H and O–H groups in total. The number of pyridine rings is 1. The van der Waals surface area contributed by atoms with E-state index in [1.54, 1.807) is 36.5 Å². The number of nitrogens with one attached hydrogen (secondary N) is 1. The summed E-state index contributed by atoms with van der Waals surface area (Å²) in [6.07, 6.45) is 6.00. The van der Waals surface area contributed by atoms with Gasteiger partial charge in [-0.25, -0.2) is 9.97 Å². The van der Waals surface area contributed by atoms with Crippen LogP contribution in [0.2, 0.25) is 0 Å². The third-order valence-corrected chi connectivity index (χ3v) is 4.56. The van der Waals surface area contributed by atoms with Crippen molar-refractivity contribution in [2.75, 3.05) is 5.32 Å². The van der Waals surface area contributed by atoms with Crippen LogP contribution in [0.4, 0.5) is 5.82 Å². The van der Waals surface area contributed by atoms with Crippen LogP contribution in [0.5, 0.6) is 0 Å². The Labute approximate surface area is 150 Å². The number of ketones is 1. The van der Waals surface area contributed by atoms with Crippen LogP contribution in [-0.2, 0) is 15.0 Å². The SMILES string of the molecule is CC(C)(C)c1ncc(C=CC(=O)C(C#N)C(=O)Nc2ccccn2)s1. The van der Waals surface area contributed by atoms with Crippen molar-refractivity contribution in [1.29, 1.82) is 5.26 Å². The number of carbonyl (C=O) groups excluding carboxylic acids is 2. The molecule has 2 heterocycles. The Morgan fingerprint density at radius 1 is 1.32 bits per heavy atom. The second kappa shape index (κ2) is 7.81. The van der Waals surface area contributed by atoms with Gasteiger partial charge in [0.05, 0.1) is 11.1 Å². The predicted octanol–water partition coefficient (Wildman–Crippen LogP) is 3.20. The lowest BCUT2D eigenvalue weighted by molar-refractivity contribution is -0.126. The normalized spacial score (nSPS) is 12.6. The van der Waals surface area contributed by atoms with Gasteiger partial charge in [0.2, 0.25) is 0 Å². The zero-order valence-corrected chi connectivity index (χ0v) is 15.0. The minimum absolute atomic E-state index is 0.0709. The first-order valence-corrected chi connectivity index (χ1v) is 8.42. The van der Waals surface area contributed by atoms with Gasteiger partial charge in [0.1, 0.15) is 5.82 Å². The molecule has 0 bridgehead atoms. The second-order valence-electron chi connectivity index (χ2n) is 6.32. The topological polar surface area (TPSA) is 95.7 Å². The van der Waals surface area contributed by atoms with E-state index < -0.39 is 17.6 Å². The van der Waals surface area contributed by atoms with Gasteiger partial charge in [-0.2, -0.15) is 5.26 Å². The van der Waals surface area contributed by atoms with E-state index in [1.165, 1.54) is 23.6 Å². The van der Waals surface area contributed by atoms with Gasteiger partial charge < -0.3 is 5.32 Å². The third-order valence-electron chi connectivity index (χ3n) is 3.17. The summed E-state index contributed by atoms with van der Waals surface area (Å²) in [6.45, 7) is 6.16. The Morgan fingerprint density at radius 3 is 2.64 bits per heavy atom. The number of amides is 1. The molecule has 0 saturated heterocycles. The lowest BCUT2D eigenvalue weighted by atomic mass is 9.98. The number of rotatable bonds is 5. The summed E-state index contributed by atoms with van der Waals surface area (Å²) in [5, 5.41) is 12.6. The van der Waals surface area contributed by atoms with Gasteiger partial charge in [-0.3, -0.25) is 9.59 Å². The Morgan fingerprint density at radius 2 is 2.08 bits per heavy atom. The van der Waals surface area contributed by atoms with Crippen LogP contribution in [0.25, 0.3) is 6.08 Å². The van der Waals surface area contributed by atoms with Gasteiger partial charge in [0.25, 0.3) is 5.91 Å². The first-order valence-electron chi connectivity index (χ1n) is 7.61. The molecule has 2 rings (SSSR count). The van der Waals surface area contributed by atoms with Gasteiger partial charge in [-0.15, -0.1) is 11.3 Å². The molecule has 1 atom stereocenters. The molecule has 0 radical (unpaired) electrons. The summed E-state index contributed by atoms with van der Waals surface area (Å²) in [6, 6.07) is 6.71. The van der Waals surface area contributed by atoms with E-state index in [2.05, 4.69) is 36.1 Å². The van der Waals surface area contributed by atoms with Crippen LogP contribution in [0.1, 0.15) is 30.7 Å². The molecule has 6 nitrogen and oxygen atoms in total. The second-order valence-corrected chi connectivity index (χ2v) is 7.38. The van der Waals surface area contributed by atoms with E-state index in [1.807, 2.05) is 0 Å². The first-order chi connectivity index (χ1) is 11.8. The van der Waals surface area contributed by atoms with E-state index >= 15 is 0 Å². The standard InChI is InChI=1S/C18H18N4O2S/c1-18(2,3)17-21-11-12(25-17)7-8-14(23)13(10-19)16(24)22-15-6-4-5-9-20-15/h4-9,11,13H,1-3H3,(H,20,22,24). The van der Waals surface area contributed by atoms with Crippen LogP contribution in [0.3, 0.4) is 0 Å². The molecule has 0 aliphatic carbocycles.